The van der Waals surface area contributed by atoms with Crippen LogP contribution in [0.3, 0.4) is 0 Å². The molecule has 2 heterocycles. The molecule has 2 unspecified atom stereocenters. The third kappa shape index (κ3) is 3.41. The van der Waals surface area contributed by atoms with E-state index in [1.807, 2.05) is 6.20 Å². The summed E-state index contributed by atoms with van der Waals surface area (Å²) in [7, 11) is 0. The molecule has 2 fully saturated rings. The van der Waals surface area contributed by atoms with Gasteiger partial charge in [-0.25, -0.2) is 4.98 Å². The van der Waals surface area contributed by atoms with E-state index in [1.54, 1.807) is 0 Å². The van der Waals surface area contributed by atoms with Crippen LogP contribution in [0.2, 0.25) is 0 Å². The van der Waals surface area contributed by atoms with Gasteiger partial charge in [0, 0.05) is 29.3 Å². The number of nitrogens with one attached hydrogen (secondary N) is 1. The first-order chi connectivity index (χ1) is 10.3. The predicted octanol–water partition coefficient (Wildman–Crippen LogP) is 3.10. The highest BCUT2D eigenvalue weighted by Gasteiger charge is 2.37. The van der Waals surface area contributed by atoms with E-state index in [2.05, 4.69) is 39.1 Å². The smallest absolute Gasteiger partial charge is 0.133 e. The van der Waals surface area contributed by atoms with E-state index >= 15 is 0 Å². The van der Waals surface area contributed by atoms with Crippen molar-refractivity contribution < 1.29 is 4.74 Å². The van der Waals surface area contributed by atoms with Crippen molar-refractivity contribution in [3.05, 3.63) is 22.3 Å². The minimum Gasteiger partial charge on any atom is -0.374 e. The second-order valence-electron chi connectivity index (χ2n) is 5.91. The molecule has 1 aromatic heterocycles. The van der Waals surface area contributed by atoms with Crippen LogP contribution in [0.1, 0.15) is 38.2 Å². The molecule has 21 heavy (non-hydrogen) atoms. The highest BCUT2D eigenvalue weighted by Crippen LogP contribution is 2.34. The summed E-state index contributed by atoms with van der Waals surface area (Å²) in [6, 6.07) is 2.71. The summed E-state index contributed by atoms with van der Waals surface area (Å²) in [5.74, 6) is 1.14. The molecule has 0 bridgehead atoms. The quantitative estimate of drug-likeness (QED) is 0.825. The molecule has 0 amide bonds. The lowest BCUT2D eigenvalue weighted by atomic mass is 10.1. The highest BCUT2D eigenvalue weighted by molar-refractivity contribution is 9.10. The van der Waals surface area contributed by atoms with Gasteiger partial charge in [-0.05, 0) is 54.2 Å². The lowest BCUT2D eigenvalue weighted by Crippen LogP contribution is -2.49. The van der Waals surface area contributed by atoms with E-state index in [1.165, 1.54) is 24.8 Å². The minimum absolute atomic E-state index is 0.403. The zero-order valence-corrected chi connectivity index (χ0v) is 14.2. The first kappa shape index (κ1) is 15.3. The molecule has 1 aliphatic carbocycles. The standard InChI is InChI=1S/C16H24BrN3O/c1-2-6-18-10-12-9-13(17)11-19-16(12)20-7-8-21-15-5-3-4-14(15)20/h9,11,14-15,18H,2-8,10H2,1H3. The van der Waals surface area contributed by atoms with Crippen LogP contribution in [-0.2, 0) is 11.3 Å². The maximum atomic E-state index is 5.92. The minimum atomic E-state index is 0.403. The number of hydrogen-bond acceptors (Lipinski definition) is 4. The molecule has 2 aliphatic rings. The van der Waals surface area contributed by atoms with E-state index in [0.717, 1.165) is 43.0 Å². The molecule has 3 rings (SSSR count). The molecular weight excluding hydrogens is 330 g/mol. The fourth-order valence-electron chi connectivity index (χ4n) is 3.45. The molecule has 4 nitrogen and oxygen atoms in total. The number of morpholine rings is 1. The van der Waals surface area contributed by atoms with Crippen molar-refractivity contribution in [2.75, 3.05) is 24.6 Å². The molecule has 116 valence electrons. The first-order valence-electron chi connectivity index (χ1n) is 8.03. The topological polar surface area (TPSA) is 37.4 Å². The molecule has 0 spiro atoms. The number of ether oxygens (including phenoxy) is 1. The molecule has 2 atom stereocenters. The first-order valence-corrected chi connectivity index (χ1v) is 8.82. The Morgan fingerprint density at radius 3 is 3.24 bits per heavy atom. The number of fused-ring (bicyclic) bond motifs is 1. The van der Waals surface area contributed by atoms with Gasteiger partial charge in [0.15, 0.2) is 0 Å². The van der Waals surface area contributed by atoms with Gasteiger partial charge in [-0.3, -0.25) is 0 Å². The number of pyridine rings is 1. The van der Waals surface area contributed by atoms with Gasteiger partial charge < -0.3 is 15.0 Å². The molecule has 0 aromatic carbocycles. The fourth-order valence-corrected chi connectivity index (χ4v) is 3.83. The summed E-state index contributed by atoms with van der Waals surface area (Å²) in [6.07, 6.45) is 7.16. The number of anilines is 1. The van der Waals surface area contributed by atoms with E-state index in [0.29, 0.717) is 12.1 Å². The monoisotopic (exact) mass is 353 g/mol. The van der Waals surface area contributed by atoms with Crippen molar-refractivity contribution in [2.45, 2.75) is 51.3 Å². The Hall–Kier alpha value is -0.650. The van der Waals surface area contributed by atoms with Crippen LogP contribution >= 0.6 is 15.9 Å². The van der Waals surface area contributed by atoms with Crippen molar-refractivity contribution in [2.24, 2.45) is 0 Å². The zero-order chi connectivity index (χ0) is 14.7. The Balaban J connectivity index is 1.82. The van der Waals surface area contributed by atoms with Crippen molar-refractivity contribution in [1.82, 2.24) is 10.3 Å². The molecule has 1 aliphatic heterocycles. The van der Waals surface area contributed by atoms with Gasteiger partial charge in [0.05, 0.1) is 18.8 Å². The second kappa shape index (κ2) is 7.07. The van der Waals surface area contributed by atoms with E-state index in [-0.39, 0.29) is 0 Å². The molecular formula is C16H24BrN3O. The number of hydrogen-bond donors (Lipinski definition) is 1. The Morgan fingerprint density at radius 1 is 1.48 bits per heavy atom. The molecule has 5 heteroatoms. The van der Waals surface area contributed by atoms with Crippen molar-refractivity contribution >= 4 is 21.7 Å². The Bertz CT molecular complexity index is 483. The summed E-state index contributed by atoms with van der Waals surface area (Å²) in [5, 5.41) is 3.50. The number of aromatic nitrogens is 1. The van der Waals surface area contributed by atoms with Crippen molar-refractivity contribution in [3.8, 4) is 0 Å². The van der Waals surface area contributed by atoms with Gasteiger partial charge in [-0.15, -0.1) is 0 Å². The highest BCUT2D eigenvalue weighted by atomic mass is 79.9. The summed E-state index contributed by atoms with van der Waals surface area (Å²) in [6.45, 7) is 5.89. The molecule has 1 aromatic rings. The van der Waals surface area contributed by atoms with Gasteiger partial charge in [-0.2, -0.15) is 0 Å². The van der Waals surface area contributed by atoms with Crippen LogP contribution in [0.5, 0.6) is 0 Å². The van der Waals surface area contributed by atoms with Crippen LogP contribution in [-0.4, -0.2) is 36.8 Å². The normalized spacial score (nSPS) is 25.1. The van der Waals surface area contributed by atoms with E-state index < -0.39 is 0 Å². The molecule has 0 radical (unpaired) electrons. The van der Waals surface area contributed by atoms with Gasteiger partial charge in [-0.1, -0.05) is 6.92 Å². The number of halogens is 1. The third-order valence-corrected chi connectivity index (χ3v) is 4.84. The number of nitrogens with zero attached hydrogens (tertiary/aromatic N) is 2. The van der Waals surface area contributed by atoms with Crippen molar-refractivity contribution in [3.63, 3.8) is 0 Å². The maximum absolute atomic E-state index is 5.92. The van der Waals surface area contributed by atoms with Crippen LogP contribution in [0.15, 0.2) is 16.7 Å². The van der Waals surface area contributed by atoms with Gasteiger partial charge >= 0.3 is 0 Å². The van der Waals surface area contributed by atoms with Crippen LogP contribution in [0.25, 0.3) is 0 Å². The maximum Gasteiger partial charge on any atom is 0.133 e. The average molecular weight is 354 g/mol. The zero-order valence-electron chi connectivity index (χ0n) is 12.6. The van der Waals surface area contributed by atoms with Crippen LogP contribution in [0.4, 0.5) is 5.82 Å². The lowest BCUT2D eigenvalue weighted by molar-refractivity contribution is 0.0252. The van der Waals surface area contributed by atoms with Crippen molar-refractivity contribution in [1.29, 1.82) is 0 Å². The summed E-state index contributed by atoms with van der Waals surface area (Å²) < 4.78 is 6.97. The lowest BCUT2D eigenvalue weighted by Gasteiger charge is -2.39. The molecule has 1 saturated carbocycles. The van der Waals surface area contributed by atoms with E-state index in [4.69, 9.17) is 9.72 Å². The average Bonchev–Trinajstić information content (AvgIpc) is 2.96. The van der Waals surface area contributed by atoms with E-state index in [9.17, 15) is 0 Å². The Morgan fingerprint density at radius 2 is 2.38 bits per heavy atom. The van der Waals surface area contributed by atoms with Gasteiger partial charge in [0.25, 0.3) is 0 Å². The predicted molar refractivity (Wildman–Crippen MR) is 88.7 cm³/mol. The summed E-state index contributed by atoms with van der Waals surface area (Å²) in [4.78, 5) is 7.21. The van der Waals surface area contributed by atoms with Crippen LogP contribution in [0, 0.1) is 0 Å². The fraction of sp³-hybridized carbons (Fsp3) is 0.688. The molecule has 1 N–H and O–H groups in total. The largest absolute Gasteiger partial charge is 0.374 e. The molecule has 1 saturated heterocycles. The number of rotatable bonds is 5. The second-order valence-corrected chi connectivity index (χ2v) is 6.83. The third-order valence-electron chi connectivity index (χ3n) is 4.41. The van der Waals surface area contributed by atoms with Crippen LogP contribution < -0.4 is 10.2 Å². The van der Waals surface area contributed by atoms with Gasteiger partial charge in [0.1, 0.15) is 5.82 Å². The SMILES string of the molecule is CCCNCc1cc(Br)cnc1N1CCOC2CCCC21. The van der Waals surface area contributed by atoms with Gasteiger partial charge in [0.2, 0.25) is 0 Å². The Labute approximate surface area is 135 Å². The summed E-state index contributed by atoms with van der Waals surface area (Å²) in [5.41, 5.74) is 1.28. The summed E-state index contributed by atoms with van der Waals surface area (Å²) >= 11 is 3.55. The Kier molecular flexibility index (Phi) is 5.14.